The van der Waals surface area contributed by atoms with Gasteiger partial charge in [-0.3, -0.25) is 0 Å². The standard InChI is InChI=1S/C30H46O2S/c1-9-11-13-15-29(5,6)23-17-21(3)19-25(27(23)31)33-26-20-22(4)18-24(28(26)32)30(7,8)16-14-12-10-2/h17-20,31-32H,9-16H2,1-8H3. The van der Waals surface area contributed by atoms with E-state index in [1.54, 1.807) is 0 Å². The minimum atomic E-state index is -0.0956. The zero-order valence-corrected chi connectivity index (χ0v) is 23.1. The highest BCUT2D eigenvalue weighted by atomic mass is 32.2. The number of benzene rings is 2. The Morgan fingerprint density at radius 2 is 1.00 bits per heavy atom. The predicted molar refractivity (Wildman–Crippen MR) is 144 cm³/mol. The fraction of sp³-hybridized carbons (Fsp3) is 0.600. The van der Waals surface area contributed by atoms with Gasteiger partial charge >= 0.3 is 0 Å². The lowest BCUT2D eigenvalue weighted by Crippen LogP contribution is -2.18. The molecule has 0 aliphatic carbocycles. The molecular formula is C30H46O2S. The Hall–Kier alpha value is -1.61. The molecule has 2 aromatic carbocycles. The Morgan fingerprint density at radius 3 is 1.33 bits per heavy atom. The van der Waals surface area contributed by atoms with Crippen molar-refractivity contribution in [3.05, 3.63) is 46.5 Å². The van der Waals surface area contributed by atoms with E-state index in [1.165, 1.54) is 37.4 Å². The summed E-state index contributed by atoms with van der Waals surface area (Å²) in [5.74, 6) is 0.716. The van der Waals surface area contributed by atoms with Crippen LogP contribution >= 0.6 is 11.8 Å². The minimum Gasteiger partial charge on any atom is -0.506 e. The number of phenolic OH excluding ortho intramolecular Hbond substituents is 2. The van der Waals surface area contributed by atoms with Crippen molar-refractivity contribution in [2.45, 2.75) is 127 Å². The Morgan fingerprint density at radius 1 is 0.636 bits per heavy atom. The Balaban J connectivity index is 2.43. The summed E-state index contributed by atoms with van der Waals surface area (Å²) in [6.45, 7) is 17.5. The van der Waals surface area contributed by atoms with Gasteiger partial charge in [0, 0.05) is 11.1 Å². The van der Waals surface area contributed by atoms with E-state index in [-0.39, 0.29) is 10.8 Å². The van der Waals surface area contributed by atoms with Crippen LogP contribution in [0.2, 0.25) is 0 Å². The number of unbranched alkanes of at least 4 members (excludes halogenated alkanes) is 4. The number of aromatic hydroxyl groups is 2. The van der Waals surface area contributed by atoms with E-state index in [2.05, 4.69) is 67.5 Å². The number of rotatable bonds is 12. The third kappa shape index (κ3) is 7.18. The fourth-order valence-electron chi connectivity index (χ4n) is 4.70. The summed E-state index contributed by atoms with van der Waals surface area (Å²) in [7, 11) is 0. The van der Waals surface area contributed by atoms with Gasteiger partial charge < -0.3 is 10.2 Å². The molecule has 0 heterocycles. The molecule has 2 aromatic rings. The predicted octanol–water partition coefficient (Wildman–Crippen LogP) is 9.58. The first-order chi connectivity index (χ1) is 15.4. The van der Waals surface area contributed by atoms with Gasteiger partial charge in [0.25, 0.3) is 0 Å². The molecule has 0 aromatic heterocycles. The van der Waals surface area contributed by atoms with Crippen molar-refractivity contribution in [1.29, 1.82) is 0 Å². The maximum atomic E-state index is 11.3. The number of phenols is 2. The molecule has 0 saturated heterocycles. The van der Waals surface area contributed by atoms with Gasteiger partial charge in [0.2, 0.25) is 0 Å². The largest absolute Gasteiger partial charge is 0.506 e. The van der Waals surface area contributed by atoms with Crippen molar-refractivity contribution in [2.75, 3.05) is 0 Å². The molecule has 0 fully saturated rings. The maximum Gasteiger partial charge on any atom is 0.133 e. The topological polar surface area (TPSA) is 40.5 Å². The van der Waals surface area contributed by atoms with Crippen molar-refractivity contribution in [3.8, 4) is 11.5 Å². The van der Waals surface area contributed by atoms with Crippen LogP contribution in [0.5, 0.6) is 11.5 Å². The lowest BCUT2D eigenvalue weighted by atomic mass is 9.79. The van der Waals surface area contributed by atoms with E-state index in [4.69, 9.17) is 0 Å². The molecule has 3 heteroatoms. The molecule has 2 N–H and O–H groups in total. The maximum absolute atomic E-state index is 11.3. The molecule has 0 atom stereocenters. The highest BCUT2D eigenvalue weighted by Crippen LogP contribution is 2.48. The summed E-state index contributed by atoms with van der Waals surface area (Å²) < 4.78 is 0. The number of hydrogen-bond donors (Lipinski definition) is 2. The molecule has 0 aliphatic heterocycles. The van der Waals surface area contributed by atoms with Crippen LogP contribution in [0.3, 0.4) is 0 Å². The summed E-state index contributed by atoms with van der Waals surface area (Å²) in [5, 5.41) is 22.6. The average molecular weight is 471 g/mol. The molecule has 2 nitrogen and oxygen atoms in total. The normalized spacial score (nSPS) is 12.4. The highest BCUT2D eigenvalue weighted by molar-refractivity contribution is 7.99. The van der Waals surface area contributed by atoms with Gasteiger partial charge in [0.05, 0.1) is 9.79 Å². The SMILES string of the molecule is CCCCCC(C)(C)c1cc(C)cc(Sc2cc(C)cc(C(C)(C)CCCCC)c2O)c1O. The summed E-state index contributed by atoms with van der Waals surface area (Å²) in [4.78, 5) is 1.65. The molecule has 33 heavy (non-hydrogen) atoms. The second-order valence-electron chi connectivity index (χ2n) is 11.1. The van der Waals surface area contributed by atoms with Crippen LogP contribution < -0.4 is 0 Å². The van der Waals surface area contributed by atoms with Gasteiger partial charge in [-0.25, -0.2) is 0 Å². The first kappa shape index (κ1) is 27.6. The molecule has 0 bridgehead atoms. The van der Waals surface area contributed by atoms with Crippen LogP contribution in [0.1, 0.15) is 115 Å². The monoisotopic (exact) mass is 470 g/mol. The molecule has 0 unspecified atom stereocenters. The molecule has 184 valence electrons. The second kappa shape index (κ2) is 11.7. The van der Waals surface area contributed by atoms with Crippen molar-refractivity contribution in [3.63, 3.8) is 0 Å². The van der Waals surface area contributed by atoms with Crippen molar-refractivity contribution >= 4 is 11.8 Å². The second-order valence-corrected chi connectivity index (χ2v) is 12.2. The molecule has 0 spiro atoms. The van der Waals surface area contributed by atoms with Crippen LogP contribution in [0, 0.1) is 13.8 Å². The lowest BCUT2D eigenvalue weighted by molar-refractivity contribution is 0.399. The van der Waals surface area contributed by atoms with Crippen LogP contribution in [-0.2, 0) is 10.8 Å². The molecule has 0 saturated carbocycles. The zero-order valence-electron chi connectivity index (χ0n) is 22.3. The van der Waals surface area contributed by atoms with Gasteiger partial charge in [-0.15, -0.1) is 0 Å². The summed E-state index contributed by atoms with van der Waals surface area (Å²) >= 11 is 1.49. The van der Waals surface area contributed by atoms with Crippen LogP contribution in [0.4, 0.5) is 0 Å². The van der Waals surface area contributed by atoms with Crippen molar-refractivity contribution < 1.29 is 10.2 Å². The van der Waals surface area contributed by atoms with Crippen molar-refractivity contribution in [1.82, 2.24) is 0 Å². The quantitative estimate of drug-likeness (QED) is 0.303. The Labute approximate surface area is 207 Å². The van der Waals surface area contributed by atoms with E-state index in [1.807, 2.05) is 12.1 Å². The lowest BCUT2D eigenvalue weighted by Gasteiger charge is -2.29. The average Bonchev–Trinajstić information content (AvgIpc) is 2.72. The van der Waals surface area contributed by atoms with E-state index >= 15 is 0 Å². The van der Waals surface area contributed by atoms with Crippen molar-refractivity contribution in [2.24, 2.45) is 0 Å². The summed E-state index contributed by atoms with van der Waals surface area (Å²) in [6, 6.07) is 8.34. The summed E-state index contributed by atoms with van der Waals surface area (Å²) in [6.07, 6.45) is 9.24. The first-order valence-electron chi connectivity index (χ1n) is 12.8. The van der Waals surface area contributed by atoms with Gasteiger partial charge in [-0.2, -0.15) is 0 Å². The molecule has 2 rings (SSSR count). The van der Waals surface area contributed by atoms with E-state index in [9.17, 15) is 10.2 Å². The zero-order chi connectivity index (χ0) is 24.8. The highest BCUT2D eigenvalue weighted by Gasteiger charge is 2.28. The van der Waals surface area contributed by atoms with Gasteiger partial charge in [-0.1, -0.05) is 104 Å². The Bertz CT molecular complexity index is 852. The minimum absolute atomic E-state index is 0.0956. The molecule has 0 radical (unpaired) electrons. The number of hydrogen-bond acceptors (Lipinski definition) is 3. The van der Waals surface area contributed by atoms with Crippen LogP contribution in [-0.4, -0.2) is 10.2 Å². The first-order valence-corrected chi connectivity index (χ1v) is 13.6. The van der Waals surface area contributed by atoms with E-state index < -0.39 is 0 Å². The van der Waals surface area contributed by atoms with Crippen LogP contribution in [0.25, 0.3) is 0 Å². The number of aryl methyl sites for hydroxylation is 2. The molecule has 0 amide bonds. The molecular weight excluding hydrogens is 424 g/mol. The fourth-order valence-corrected chi connectivity index (χ4v) is 5.84. The smallest absolute Gasteiger partial charge is 0.133 e. The van der Waals surface area contributed by atoms with Gasteiger partial charge in [0.1, 0.15) is 11.5 Å². The van der Waals surface area contributed by atoms with Gasteiger partial charge in [-0.05, 0) is 60.8 Å². The van der Waals surface area contributed by atoms with Crippen LogP contribution in [0.15, 0.2) is 34.1 Å². The van der Waals surface area contributed by atoms with Gasteiger partial charge in [0.15, 0.2) is 0 Å². The van der Waals surface area contributed by atoms with E-state index in [0.717, 1.165) is 57.7 Å². The Kier molecular flexibility index (Phi) is 9.79. The molecule has 0 aliphatic rings. The summed E-state index contributed by atoms with van der Waals surface area (Å²) in [5.41, 5.74) is 4.10. The third-order valence-corrected chi connectivity index (χ3v) is 7.99. The third-order valence-electron chi connectivity index (χ3n) is 6.93. The van der Waals surface area contributed by atoms with E-state index in [0.29, 0.717) is 11.5 Å².